The van der Waals surface area contributed by atoms with Gasteiger partial charge in [-0.05, 0) is 31.2 Å². The third-order valence-corrected chi connectivity index (χ3v) is 5.99. The Kier molecular flexibility index (Phi) is 5.88. The summed E-state index contributed by atoms with van der Waals surface area (Å²) in [6, 6.07) is 10.1. The first kappa shape index (κ1) is 19.6. The molecule has 1 aromatic heterocycles. The summed E-state index contributed by atoms with van der Waals surface area (Å²) in [7, 11) is 0. The van der Waals surface area contributed by atoms with Crippen molar-refractivity contribution in [3.05, 3.63) is 59.2 Å². The van der Waals surface area contributed by atoms with Crippen LogP contribution >= 0.6 is 0 Å². The van der Waals surface area contributed by atoms with E-state index >= 15 is 0 Å². The van der Waals surface area contributed by atoms with Crippen molar-refractivity contribution in [2.45, 2.75) is 58.0 Å². The van der Waals surface area contributed by atoms with Gasteiger partial charge in [-0.15, -0.1) is 0 Å². The standard InChI is InChI=1S/C23H28N4O2/c1-17(28)26-14-12-20-19(16-26)15-24-23(25-20)21-9-5-6-13-27(21)22(29)11-10-18-7-3-2-4-8-18/h2-4,7-8,15,21H,5-6,9-14,16H2,1H3/t21-/m1/s1. The van der Waals surface area contributed by atoms with Crippen molar-refractivity contribution in [3.63, 3.8) is 0 Å². The van der Waals surface area contributed by atoms with E-state index in [-0.39, 0.29) is 17.9 Å². The third-order valence-electron chi connectivity index (χ3n) is 5.99. The third kappa shape index (κ3) is 4.47. The molecule has 0 aliphatic carbocycles. The minimum atomic E-state index is -0.0387. The molecule has 0 spiro atoms. The molecule has 1 aromatic carbocycles. The molecule has 1 fully saturated rings. The maximum absolute atomic E-state index is 13.0. The SMILES string of the molecule is CC(=O)N1CCc2nc([C@H]3CCCCN3C(=O)CCc3ccccc3)ncc2C1. The Hall–Kier alpha value is -2.76. The number of rotatable bonds is 4. The zero-order chi connectivity index (χ0) is 20.2. The van der Waals surface area contributed by atoms with Crippen LogP contribution in [0.4, 0.5) is 0 Å². The molecular weight excluding hydrogens is 364 g/mol. The van der Waals surface area contributed by atoms with Gasteiger partial charge in [-0.1, -0.05) is 30.3 Å². The number of aromatic nitrogens is 2. The fourth-order valence-electron chi connectivity index (χ4n) is 4.30. The maximum Gasteiger partial charge on any atom is 0.223 e. The highest BCUT2D eigenvalue weighted by atomic mass is 16.2. The average Bonchev–Trinajstić information content (AvgIpc) is 2.77. The Bertz CT molecular complexity index is 884. The number of aryl methyl sites for hydroxylation is 1. The lowest BCUT2D eigenvalue weighted by molar-refractivity contribution is -0.135. The van der Waals surface area contributed by atoms with E-state index in [2.05, 4.69) is 17.1 Å². The summed E-state index contributed by atoms with van der Waals surface area (Å²) >= 11 is 0. The van der Waals surface area contributed by atoms with E-state index in [0.29, 0.717) is 19.5 Å². The molecule has 0 radical (unpaired) electrons. The van der Waals surface area contributed by atoms with Crippen LogP contribution in [0.15, 0.2) is 36.5 Å². The first-order valence-corrected chi connectivity index (χ1v) is 10.6. The van der Waals surface area contributed by atoms with Gasteiger partial charge >= 0.3 is 0 Å². The monoisotopic (exact) mass is 392 g/mol. The quantitative estimate of drug-likeness (QED) is 0.802. The summed E-state index contributed by atoms with van der Waals surface area (Å²) in [6.45, 7) is 3.65. The lowest BCUT2D eigenvalue weighted by atomic mass is 9.99. The van der Waals surface area contributed by atoms with Gasteiger partial charge in [0.25, 0.3) is 0 Å². The van der Waals surface area contributed by atoms with Gasteiger partial charge in [0.2, 0.25) is 11.8 Å². The molecule has 4 rings (SSSR count). The zero-order valence-corrected chi connectivity index (χ0v) is 17.0. The van der Waals surface area contributed by atoms with Gasteiger partial charge in [0.15, 0.2) is 5.82 Å². The van der Waals surface area contributed by atoms with Crippen LogP contribution in [0, 0.1) is 0 Å². The molecular formula is C23H28N4O2. The molecule has 0 saturated carbocycles. The predicted octanol–water partition coefficient (Wildman–Crippen LogP) is 3.07. The van der Waals surface area contributed by atoms with Crippen molar-refractivity contribution in [1.82, 2.24) is 19.8 Å². The van der Waals surface area contributed by atoms with E-state index in [4.69, 9.17) is 4.98 Å². The first-order chi connectivity index (χ1) is 14.1. The van der Waals surface area contributed by atoms with Gasteiger partial charge in [-0.2, -0.15) is 0 Å². The maximum atomic E-state index is 13.0. The van der Waals surface area contributed by atoms with Crippen LogP contribution in [-0.2, 0) is 29.0 Å². The molecule has 6 heteroatoms. The molecule has 0 N–H and O–H groups in total. The Morgan fingerprint density at radius 2 is 1.97 bits per heavy atom. The van der Waals surface area contributed by atoms with Crippen molar-refractivity contribution in [3.8, 4) is 0 Å². The van der Waals surface area contributed by atoms with Crippen molar-refractivity contribution >= 4 is 11.8 Å². The van der Waals surface area contributed by atoms with Crippen LogP contribution < -0.4 is 0 Å². The summed E-state index contributed by atoms with van der Waals surface area (Å²) in [6.07, 6.45) is 6.91. The number of carbonyl (C=O) groups excluding carboxylic acids is 2. The number of benzene rings is 1. The highest BCUT2D eigenvalue weighted by Gasteiger charge is 2.31. The second kappa shape index (κ2) is 8.72. The summed E-state index contributed by atoms with van der Waals surface area (Å²) in [5, 5.41) is 0. The first-order valence-electron chi connectivity index (χ1n) is 10.6. The molecule has 6 nitrogen and oxygen atoms in total. The van der Waals surface area contributed by atoms with Crippen molar-refractivity contribution < 1.29 is 9.59 Å². The molecule has 2 aromatic rings. The van der Waals surface area contributed by atoms with E-state index < -0.39 is 0 Å². The second-order valence-corrected chi connectivity index (χ2v) is 7.98. The van der Waals surface area contributed by atoms with Gasteiger partial charge in [0.05, 0.1) is 11.7 Å². The number of likely N-dealkylation sites (tertiary alicyclic amines) is 1. The van der Waals surface area contributed by atoms with Gasteiger partial charge < -0.3 is 9.80 Å². The number of nitrogens with zero attached hydrogens (tertiary/aromatic N) is 4. The fraction of sp³-hybridized carbons (Fsp3) is 0.478. The van der Waals surface area contributed by atoms with Crippen molar-refractivity contribution in [2.75, 3.05) is 13.1 Å². The molecule has 29 heavy (non-hydrogen) atoms. The Morgan fingerprint density at radius 1 is 1.14 bits per heavy atom. The lowest BCUT2D eigenvalue weighted by Crippen LogP contribution is -2.40. The average molecular weight is 393 g/mol. The molecule has 2 amide bonds. The van der Waals surface area contributed by atoms with E-state index in [0.717, 1.165) is 55.7 Å². The van der Waals surface area contributed by atoms with Crippen LogP contribution in [0.2, 0.25) is 0 Å². The van der Waals surface area contributed by atoms with Gasteiger partial charge in [0, 0.05) is 51.2 Å². The summed E-state index contributed by atoms with van der Waals surface area (Å²) in [4.78, 5) is 37.9. The van der Waals surface area contributed by atoms with E-state index in [1.54, 1.807) is 6.92 Å². The fourth-order valence-corrected chi connectivity index (χ4v) is 4.30. The normalized spacial score (nSPS) is 19.0. The summed E-state index contributed by atoms with van der Waals surface area (Å²) in [5.74, 6) is 1.03. The van der Waals surface area contributed by atoms with Gasteiger partial charge in [0.1, 0.15) is 0 Å². The molecule has 2 aliphatic heterocycles. The minimum Gasteiger partial charge on any atom is -0.338 e. The smallest absolute Gasteiger partial charge is 0.223 e. The van der Waals surface area contributed by atoms with E-state index in [1.165, 1.54) is 5.56 Å². The lowest BCUT2D eigenvalue weighted by Gasteiger charge is -2.35. The number of carbonyl (C=O) groups is 2. The number of hydrogen-bond acceptors (Lipinski definition) is 4. The van der Waals surface area contributed by atoms with Gasteiger partial charge in [-0.25, -0.2) is 9.97 Å². The van der Waals surface area contributed by atoms with Crippen molar-refractivity contribution in [2.24, 2.45) is 0 Å². The highest BCUT2D eigenvalue weighted by molar-refractivity contribution is 5.77. The molecule has 3 heterocycles. The number of piperidine rings is 1. The molecule has 0 unspecified atom stereocenters. The highest BCUT2D eigenvalue weighted by Crippen LogP contribution is 2.30. The predicted molar refractivity (Wildman–Crippen MR) is 110 cm³/mol. The molecule has 152 valence electrons. The zero-order valence-electron chi connectivity index (χ0n) is 17.0. The van der Waals surface area contributed by atoms with Crippen LogP contribution in [0.5, 0.6) is 0 Å². The number of fused-ring (bicyclic) bond motifs is 1. The largest absolute Gasteiger partial charge is 0.338 e. The molecule has 0 bridgehead atoms. The summed E-state index contributed by atoms with van der Waals surface area (Å²) < 4.78 is 0. The van der Waals surface area contributed by atoms with Crippen LogP contribution in [-0.4, -0.2) is 44.7 Å². The Labute approximate surface area is 172 Å². The van der Waals surface area contributed by atoms with Crippen LogP contribution in [0.1, 0.15) is 61.3 Å². The van der Waals surface area contributed by atoms with Crippen LogP contribution in [0.3, 0.4) is 0 Å². The van der Waals surface area contributed by atoms with Crippen molar-refractivity contribution in [1.29, 1.82) is 0 Å². The van der Waals surface area contributed by atoms with E-state index in [9.17, 15) is 9.59 Å². The van der Waals surface area contributed by atoms with Gasteiger partial charge in [-0.3, -0.25) is 9.59 Å². The number of hydrogen-bond donors (Lipinski definition) is 0. The Balaban J connectivity index is 1.47. The molecule has 1 atom stereocenters. The molecule has 2 aliphatic rings. The minimum absolute atomic E-state index is 0.0387. The second-order valence-electron chi connectivity index (χ2n) is 7.98. The van der Waals surface area contributed by atoms with Crippen LogP contribution in [0.25, 0.3) is 0 Å². The molecule has 1 saturated heterocycles. The number of amides is 2. The Morgan fingerprint density at radius 3 is 2.76 bits per heavy atom. The summed E-state index contributed by atoms with van der Waals surface area (Å²) in [5.41, 5.74) is 3.23. The van der Waals surface area contributed by atoms with E-state index in [1.807, 2.05) is 34.2 Å². The topological polar surface area (TPSA) is 66.4 Å².